The summed E-state index contributed by atoms with van der Waals surface area (Å²) >= 11 is 0. The van der Waals surface area contributed by atoms with Crippen molar-refractivity contribution in [3.63, 3.8) is 0 Å². The van der Waals surface area contributed by atoms with Crippen LogP contribution in [0.25, 0.3) is 0 Å². The van der Waals surface area contributed by atoms with Gasteiger partial charge in [0.1, 0.15) is 0 Å². The van der Waals surface area contributed by atoms with E-state index in [1.807, 2.05) is 18.2 Å². The molecule has 0 aliphatic rings. The molecule has 1 rings (SSSR count). The molecule has 112 valence electrons. The molecule has 1 aromatic rings. The van der Waals surface area contributed by atoms with Crippen molar-refractivity contribution in [3.8, 4) is 0 Å². The minimum atomic E-state index is -0.0347. The summed E-state index contributed by atoms with van der Waals surface area (Å²) in [7, 11) is 0. The highest BCUT2D eigenvalue weighted by Gasteiger charge is 2.23. The molecule has 2 nitrogen and oxygen atoms in total. The number of rotatable bonds is 7. The van der Waals surface area contributed by atoms with Crippen LogP contribution in [0.2, 0.25) is 0 Å². The highest BCUT2D eigenvalue weighted by molar-refractivity contribution is 5.78. The molecule has 2 heteroatoms. The maximum absolute atomic E-state index is 12.3. The highest BCUT2D eigenvalue weighted by Crippen LogP contribution is 2.22. The first-order valence-electron chi connectivity index (χ1n) is 7.70. The molecule has 0 spiro atoms. The molecule has 0 aliphatic heterocycles. The zero-order valence-electron chi connectivity index (χ0n) is 13.6. The van der Waals surface area contributed by atoms with Crippen LogP contribution in [0, 0.1) is 11.8 Å². The van der Waals surface area contributed by atoms with Crippen molar-refractivity contribution >= 4 is 5.91 Å². The second-order valence-corrected chi connectivity index (χ2v) is 6.70. The lowest BCUT2D eigenvalue weighted by Gasteiger charge is -2.27. The Morgan fingerprint density at radius 3 is 2.30 bits per heavy atom. The lowest BCUT2D eigenvalue weighted by molar-refractivity contribution is -0.125. The molecule has 0 aliphatic carbocycles. The van der Waals surface area contributed by atoms with Gasteiger partial charge in [-0.1, -0.05) is 65.0 Å². The molecule has 0 fully saturated rings. The third-order valence-corrected chi connectivity index (χ3v) is 3.88. The third kappa shape index (κ3) is 4.99. The van der Waals surface area contributed by atoms with Crippen LogP contribution in [-0.4, -0.2) is 12.5 Å². The summed E-state index contributed by atoms with van der Waals surface area (Å²) < 4.78 is 0. The average Bonchev–Trinajstić information content (AvgIpc) is 2.43. The molecule has 0 aromatic heterocycles. The first-order valence-corrected chi connectivity index (χ1v) is 7.70. The van der Waals surface area contributed by atoms with Gasteiger partial charge in [0.25, 0.3) is 0 Å². The molecule has 0 saturated carbocycles. The minimum absolute atomic E-state index is 0.0347. The van der Waals surface area contributed by atoms with Gasteiger partial charge in [0, 0.05) is 17.9 Å². The SMILES string of the molecule is CCC(CC(C)C)C(=O)NCC(C)(C)c1ccccc1. The second kappa shape index (κ2) is 7.47. The van der Waals surface area contributed by atoms with Crippen molar-refractivity contribution in [3.05, 3.63) is 35.9 Å². The number of benzene rings is 1. The van der Waals surface area contributed by atoms with Crippen molar-refractivity contribution in [2.24, 2.45) is 11.8 Å². The van der Waals surface area contributed by atoms with Crippen LogP contribution in [0.5, 0.6) is 0 Å². The van der Waals surface area contributed by atoms with Crippen LogP contribution in [-0.2, 0) is 10.2 Å². The molecule has 0 radical (unpaired) electrons. The molecule has 1 amide bonds. The molecule has 1 N–H and O–H groups in total. The van der Waals surface area contributed by atoms with Crippen molar-refractivity contribution < 1.29 is 4.79 Å². The fraction of sp³-hybridized carbons (Fsp3) is 0.611. The maximum atomic E-state index is 12.3. The molecule has 1 aromatic carbocycles. The molecular weight excluding hydrogens is 246 g/mol. The molecule has 0 bridgehead atoms. The van der Waals surface area contributed by atoms with Crippen LogP contribution >= 0.6 is 0 Å². The maximum Gasteiger partial charge on any atom is 0.223 e. The van der Waals surface area contributed by atoms with Gasteiger partial charge < -0.3 is 5.32 Å². The Hall–Kier alpha value is -1.31. The van der Waals surface area contributed by atoms with Crippen molar-refractivity contribution in [1.82, 2.24) is 5.32 Å². The average molecular weight is 275 g/mol. The van der Waals surface area contributed by atoms with E-state index < -0.39 is 0 Å². The molecular formula is C18H29NO. The van der Waals surface area contributed by atoms with Crippen LogP contribution < -0.4 is 5.32 Å². The zero-order chi connectivity index (χ0) is 15.2. The number of hydrogen-bond donors (Lipinski definition) is 1. The summed E-state index contributed by atoms with van der Waals surface area (Å²) in [6, 6.07) is 10.4. The molecule has 1 atom stereocenters. The molecule has 1 unspecified atom stereocenters. The molecule has 0 heterocycles. The minimum Gasteiger partial charge on any atom is -0.355 e. The Balaban J connectivity index is 2.59. The van der Waals surface area contributed by atoms with Gasteiger partial charge in [-0.05, 0) is 24.3 Å². The lowest BCUT2D eigenvalue weighted by atomic mass is 9.84. The van der Waals surface area contributed by atoms with Crippen molar-refractivity contribution in [1.29, 1.82) is 0 Å². The fourth-order valence-corrected chi connectivity index (χ4v) is 2.47. The number of carbonyl (C=O) groups is 1. The molecule has 20 heavy (non-hydrogen) atoms. The predicted octanol–water partition coefficient (Wildman–Crippen LogP) is 4.15. The van der Waals surface area contributed by atoms with Crippen LogP contribution in [0.15, 0.2) is 30.3 Å². The highest BCUT2D eigenvalue weighted by atomic mass is 16.1. The van der Waals surface area contributed by atoms with Gasteiger partial charge in [0.15, 0.2) is 0 Å². The zero-order valence-corrected chi connectivity index (χ0v) is 13.6. The number of nitrogens with one attached hydrogen (secondary N) is 1. The van der Waals surface area contributed by atoms with Gasteiger partial charge in [0.2, 0.25) is 5.91 Å². The van der Waals surface area contributed by atoms with E-state index in [0.717, 1.165) is 12.8 Å². The summed E-state index contributed by atoms with van der Waals surface area (Å²) in [6.07, 6.45) is 1.88. The summed E-state index contributed by atoms with van der Waals surface area (Å²) in [5.74, 6) is 0.902. The summed E-state index contributed by atoms with van der Waals surface area (Å²) in [4.78, 5) is 12.3. The lowest BCUT2D eigenvalue weighted by Crippen LogP contribution is -2.39. The summed E-state index contributed by atoms with van der Waals surface area (Å²) in [5.41, 5.74) is 1.23. The summed E-state index contributed by atoms with van der Waals surface area (Å²) in [6.45, 7) is 11.5. The molecule has 0 saturated heterocycles. The van der Waals surface area contributed by atoms with Crippen molar-refractivity contribution in [2.45, 2.75) is 52.9 Å². The number of carbonyl (C=O) groups excluding carboxylic acids is 1. The Morgan fingerprint density at radius 2 is 1.80 bits per heavy atom. The first-order chi connectivity index (χ1) is 9.36. The second-order valence-electron chi connectivity index (χ2n) is 6.70. The third-order valence-electron chi connectivity index (χ3n) is 3.88. The summed E-state index contributed by atoms with van der Waals surface area (Å²) in [5, 5.41) is 3.14. The van der Waals surface area contributed by atoms with E-state index in [9.17, 15) is 4.79 Å². The van der Waals surface area contributed by atoms with E-state index in [2.05, 4.69) is 52.1 Å². The van der Waals surface area contributed by atoms with E-state index in [1.165, 1.54) is 5.56 Å². The van der Waals surface area contributed by atoms with Gasteiger partial charge in [0.05, 0.1) is 0 Å². The van der Waals surface area contributed by atoms with E-state index in [0.29, 0.717) is 12.5 Å². The normalized spacial score (nSPS) is 13.3. The van der Waals surface area contributed by atoms with Gasteiger partial charge in [-0.3, -0.25) is 4.79 Å². The van der Waals surface area contributed by atoms with Gasteiger partial charge >= 0.3 is 0 Å². The van der Waals surface area contributed by atoms with Crippen LogP contribution in [0.4, 0.5) is 0 Å². The van der Waals surface area contributed by atoms with E-state index in [-0.39, 0.29) is 17.2 Å². The first kappa shape index (κ1) is 16.7. The van der Waals surface area contributed by atoms with Gasteiger partial charge in [-0.15, -0.1) is 0 Å². The Bertz CT molecular complexity index is 409. The largest absolute Gasteiger partial charge is 0.355 e. The number of amides is 1. The monoisotopic (exact) mass is 275 g/mol. The van der Waals surface area contributed by atoms with E-state index >= 15 is 0 Å². The number of hydrogen-bond acceptors (Lipinski definition) is 1. The van der Waals surface area contributed by atoms with Crippen LogP contribution in [0.3, 0.4) is 0 Å². The fourth-order valence-electron chi connectivity index (χ4n) is 2.47. The quantitative estimate of drug-likeness (QED) is 0.795. The van der Waals surface area contributed by atoms with Crippen molar-refractivity contribution in [2.75, 3.05) is 6.54 Å². The van der Waals surface area contributed by atoms with E-state index in [1.54, 1.807) is 0 Å². The van der Waals surface area contributed by atoms with Gasteiger partial charge in [-0.2, -0.15) is 0 Å². The Kier molecular flexibility index (Phi) is 6.25. The topological polar surface area (TPSA) is 29.1 Å². The standard InChI is InChI=1S/C18H29NO/c1-6-15(12-14(2)3)17(20)19-13-18(4,5)16-10-8-7-9-11-16/h7-11,14-15H,6,12-13H2,1-5H3,(H,19,20). The van der Waals surface area contributed by atoms with Gasteiger partial charge in [-0.25, -0.2) is 0 Å². The Labute approximate surface area is 124 Å². The smallest absolute Gasteiger partial charge is 0.223 e. The van der Waals surface area contributed by atoms with Crippen LogP contribution in [0.1, 0.15) is 53.0 Å². The van der Waals surface area contributed by atoms with E-state index in [4.69, 9.17) is 0 Å². The Morgan fingerprint density at radius 1 is 1.20 bits per heavy atom. The predicted molar refractivity (Wildman–Crippen MR) is 85.7 cm³/mol.